The molecule has 1 saturated carbocycles. The molecule has 1 aromatic heterocycles. The van der Waals surface area contributed by atoms with Crippen molar-refractivity contribution in [1.29, 1.82) is 0 Å². The summed E-state index contributed by atoms with van der Waals surface area (Å²) in [6, 6.07) is 1.95. The van der Waals surface area contributed by atoms with E-state index in [0.717, 1.165) is 36.8 Å². The van der Waals surface area contributed by atoms with E-state index in [1.807, 2.05) is 27.1 Å². The number of aryl methyl sites for hydroxylation is 1. The van der Waals surface area contributed by atoms with Crippen molar-refractivity contribution in [3.63, 3.8) is 0 Å². The molecule has 1 fully saturated rings. The Morgan fingerprint density at radius 1 is 1.47 bits per heavy atom. The monoisotopic (exact) mass is 236 g/mol. The molecule has 0 radical (unpaired) electrons. The third kappa shape index (κ3) is 2.85. The first-order chi connectivity index (χ1) is 8.08. The molecule has 1 aliphatic carbocycles. The highest BCUT2D eigenvalue weighted by atomic mass is 16.3. The molecule has 1 heterocycles. The van der Waals surface area contributed by atoms with Crippen LogP contribution in [-0.4, -0.2) is 41.8 Å². The Hall–Kier alpha value is -1.36. The molecular weight excluding hydrogens is 216 g/mol. The van der Waals surface area contributed by atoms with Crippen LogP contribution in [0.5, 0.6) is 0 Å². The molecule has 0 spiro atoms. The van der Waals surface area contributed by atoms with Crippen LogP contribution < -0.4 is 10.2 Å². The summed E-state index contributed by atoms with van der Waals surface area (Å²) in [5.41, 5.74) is 0. The fourth-order valence-corrected chi connectivity index (χ4v) is 2.21. The second-order valence-corrected chi connectivity index (χ2v) is 4.78. The molecule has 94 valence electrons. The Balaban J connectivity index is 2.02. The maximum atomic E-state index is 9.27. The Labute approximate surface area is 102 Å². The lowest BCUT2D eigenvalue weighted by Crippen LogP contribution is -2.37. The first kappa shape index (κ1) is 12.1. The largest absolute Gasteiger partial charge is 0.393 e. The van der Waals surface area contributed by atoms with Crippen LogP contribution >= 0.6 is 0 Å². The number of aromatic nitrogens is 2. The highest BCUT2D eigenvalue weighted by Crippen LogP contribution is 2.28. The van der Waals surface area contributed by atoms with Gasteiger partial charge in [0.25, 0.3) is 0 Å². The zero-order chi connectivity index (χ0) is 12.4. The second kappa shape index (κ2) is 4.87. The van der Waals surface area contributed by atoms with E-state index in [0.29, 0.717) is 5.92 Å². The molecule has 0 aliphatic heterocycles. The van der Waals surface area contributed by atoms with Gasteiger partial charge in [0.05, 0.1) is 6.10 Å². The zero-order valence-corrected chi connectivity index (χ0v) is 10.6. The number of hydrogen-bond donors (Lipinski definition) is 2. The third-order valence-corrected chi connectivity index (χ3v) is 3.21. The van der Waals surface area contributed by atoms with Gasteiger partial charge in [-0.1, -0.05) is 0 Å². The first-order valence-electron chi connectivity index (χ1n) is 6.01. The maximum absolute atomic E-state index is 9.27. The molecule has 5 heteroatoms. The molecule has 0 atom stereocenters. The summed E-state index contributed by atoms with van der Waals surface area (Å²) in [5, 5.41) is 12.3. The highest BCUT2D eigenvalue weighted by molar-refractivity contribution is 5.48. The van der Waals surface area contributed by atoms with E-state index < -0.39 is 0 Å². The minimum absolute atomic E-state index is 0.0894. The lowest BCUT2D eigenvalue weighted by Gasteiger charge is -2.34. The van der Waals surface area contributed by atoms with Crippen molar-refractivity contribution in [2.24, 2.45) is 5.92 Å². The van der Waals surface area contributed by atoms with Gasteiger partial charge in [0.1, 0.15) is 17.5 Å². The number of nitrogens with zero attached hydrogens (tertiary/aromatic N) is 3. The number of anilines is 2. The molecular formula is C12H20N4O. The fraction of sp³-hybridized carbons (Fsp3) is 0.667. The topological polar surface area (TPSA) is 61.3 Å². The smallest absolute Gasteiger partial charge is 0.134 e. The summed E-state index contributed by atoms with van der Waals surface area (Å²) in [7, 11) is 3.89. The van der Waals surface area contributed by atoms with Crippen LogP contribution in [0.15, 0.2) is 6.07 Å². The number of nitrogens with one attached hydrogen (secondary N) is 1. The van der Waals surface area contributed by atoms with E-state index in [9.17, 15) is 5.11 Å². The molecule has 5 nitrogen and oxygen atoms in total. The standard InChI is InChI=1S/C12H20N4O/c1-8-14-11(13-2)6-12(15-8)16(3)7-9-4-10(17)5-9/h6,9-10,17H,4-5,7H2,1-3H3,(H,13,14,15). The summed E-state index contributed by atoms with van der Waals surface area (Å²) in [6.07, 6.45) is 1.73. The van der Waals surface area contributed by atoms with E-state index in [-0.39, 0.29) is 6.10 Å². The van der Waals surface area contributed by atoms with Gasteiger partial charge in [-0.3, -0.25) is 0 Å². The summed E-state index contributed by atoms with van der Waals surface area (Å²) < 4.78 is 0. The molecule has 17 heavy (non-hydrogen) atoms. The lowest BCUT2D eigenvalue weighted by atomic mass is 9.82. The van der Waals surface area contributed by atoms with Gasteiger partial charge in [0.15, 0.2) is 0 Å². The van der Waals surface area contributed by atoms with Crippen molar-refractivity contribution in [1.82, 2.24) is 9.97 Å². The Morgan fingerprint density at radius 2 is 2.18 bits per heavy atom. The minimum atomic E-state index is -0.0894. The molecule has 2 rings (SSSR count). The van der Waals surface area contributed by atoms with Crippen LogP contribution in [0.3, 0.4) is 0 Å². The molecule has 0 bridgehead atoms. The molecule has 0 saturated heterocycles. The Morgan fingerprint density at radius 3 is 2.76 bits per heavy atom. The normalized spacial score (nSPS) is 23.1. The highest BCUT2D eigenvalue weighted by Gasteiger charge is 2.28. The van der Waals surface area contributed by atoms with E-state index in [1.165, 1.54) is 0 Å². The van der Waals surface area contributed by atoms with Crippen LogP contribution in [-0.2, 0) is 0 Å². The number of hydrogen-bond acceptors (Lipinski definition) is 5. The van der Waals surface area contributed by atoms with Gasteiger partial charge in [-0.05, 0) is 25.7 Å². The van der Waals surface area contributed by atoms with Gasteiger partial charge in [-0.15, -0.1) is 0 Å². The van der Waals surface area contributed by atoms with Crippen molar-refractivity contribution in [2.45, 2.75) is 25.9 Å². The predicted molar refractivity (Wildman–Crippen MR) is 68.3 cm³/mol. The number of rotatable bonds is 4. The second-order valence-electron chi connectivity index (χ2n) is 4.78. The molecule has 2 N–H and O–H groups in total. The number of aliphatic hydroxyl groups excluding tert-OH is 1. The lowest BCUT2D eigenvalue weighted by molar-refractivity contribution is 0.0464. The van der Waals surface area contributed by atoms with Crippen molar-refractivity contribution >= 4 is 11.6 Å². The van der Waals surface area contributed by atoms with Gasteiger partial charge in [0.2, 0.25) is 0 Å². The Bertz CT molecular complexity index is 390. The van der Waals surface area contributed by atoms with Crippen LogP contribution in [0.25, 0.3) is 0 Å². The molecule has 1 aromatic rings. The zero-order valence-electron chi connectivity index (χ0n) is 10.6. The van der Waals surface area contributed by atoms with Gasteiger partial charge >= 0.3 is 0 Å². The van der Waals surface area contributed by atoms with E-state index in [4.69, 9.17) is 0 Å². The third-order valence-electron chi connectivity index (χ3n) is 3.21. The van der Waals surface area contributed by atoms with Crippen molar-refractivity contribution < 1.29 is 5.11 Å². The summed E-state index contributed by atoms with van der Waals surface area (Å²) >= 11 is 0. The summed E-state index contributed by atoms with van der Waals surface area (Å²) in [5.74, 6) is 3.13. The fourth-order valence-electron chi connectivity index (χ4n) is 2.21. The van der Waals surface area contributed by atoms with E-state index in [1.54, 1.807) is 0 Å². The van der Waals surface area contributed by atoms with Gasteiger partial charge in [-0.25, -0.2) is 9.97 Å². The van der Waals surface area contributed by atoms with Crippen LogP contribution in [0, 0.1) is 12.8 Å². The van der Waals surface area contributed by atoms with Crippen LogP contribution in [0.1, 0.15) is 18.7 Å². The van der Waals surface area contributed by atoms with Gasteiger partial charge < -0.3 is 15.3 Å². The van der Waals surface area contributed by atoms with Crippen LogP contribution in [0.2, 0.25) is 0 Å². The predicted octanol–water partition coefficient (Wildman–Crippen LogP) is 1.03. The van der Waals surface area contributed by atoms with Crippen LogP contribution in [0.4, 0.5) is 11.6 Å². The summed E-state index contributed by atoms with van der Waals surface area (Å²) in [4.78, 5) is 10.8. The van der Waals surface area contributed by atoms with Crippen molar-refractivity contribution in [3.8, 4) is 0 Å². The summed E-state index contributed by atoms with van der Waals surface area (Å²) in [6.45, 7) is 2.84. The molecule has 0 amide bonds. The van der Waals surface area contributed by atoms with Crippen molar-refractivity contribution in [2.75, 3.05) is 30.9 Å². The first-order valence-corrected chi connectivity index (χ1v) is 6.01. The van der Waals surface area contributed by atoms with E-state index >= 15 is 0 Å². The van der Waals surface area contributed by atoms with Gasteiger partial charge in [0, 0.05) is 26.7 Å². The molecule has 1 aliphatic rings. The SMILES string of the molecule is CNc1cc(N(C)CC2CC(O)C2)nc(C)n1. The minimum Gasteiger partial charge on any atom is -0.393 e. The Kier molecular flexibility index (Phi) is 3.47. The molecule has 0 unspecified atom stereocenters. The average molecular weight is 236 g/mol. The van der Waals surface area contributed by atoms with Gasteiger partial charge in [-0.2, -0.15) is 0 Å². The average Bonchev–Trinajstić information content (AvgIpc) is 2.26. The van der Waals surface area contributed by atoms with Crippen molar-refractivity contribution in [3.05, 3.63) is 11.9 Å². The quantitative estimate of drug-likeness (QED) is 0.817. The molecule has 0 aromatic carbocycles. The van der Waals surface area contributed by atoms with E-state index in [2.05, 4.69) is 20.2 Å². The number of aliphatic hydroxyl groups is 1. The maximum Gasteiger partial charge on any atom is 0.134 e.